The number of rotatable bonds is 7. The molecular formula is C28H28BrIN2O3S2. The van der Waals surface area contributed by atoms with Crippen molar-refractivity contribution in [2.24, 2.45) is 0 Å². The van der Waals surface area contributed by atoms with E-state index in [2.05, 4.69) is 53.6 Å². The topological polar surface area (TPSA) is 49.9 Å². The minimum absolute atomic E-state index is 0.0665. The number of ether oxygens (including phenoxy) is 1. The molecule has 0 radical (unpaired) electrons. The van der Waals surface area contributed by atoms with Crippen molar-refractivity contribution in [2.45, 2.75) is 42.8 Å². The van der Waals surface area contributed by atoms with Crippen LogP contribution in [0.25, 0.3) is 0 Å². The van der Waals surface area contributed by atoms with Crippen LogP contribution < -0.4 is 0 Å². The fourth-order valence-electron chi connectivity index (χ4n) is 5.38. The molecule has 0 bridgehead atoms. The van der Waals surface area contributed by atoms with Gasteiger partial charge in [-0.2, -0.15) is 4.31 Å². The van der Waals surface area contributed by atoms with Crippen LogP contribution in [0.5, 0.6) is 0 Å². The van der Waals surface area contributed by atoms with Gasteiger partial charge in [0.2, 0.25) is 10.0 Å². The average Bonchev–Trinajstić information content (AvgIpc) is 2.93. The second-order valence-electron chi connectivity index (χ2n) is 9.12. The Balaban J connectivity index is 1.68. The molecule has 0 N–H and O–H groups in total. The van der Waals surface area contributed by atoms with E-state index in [1.807, 2.05) is 55.5 Å². The number of sulfonamides is 1. The minimum atomic E-state index is -3.82. The Bertz CT molecular complexity index is 1360. The van der Waals surface area contributed by atoms with Crippen LogP contribution in [0.1, 0.15) is 43.0 Å². The Morgan fingerprint density at radius 3 is 2.08 bits per heavy atom. The molecule has 3 aromatic rings. The highest BCUT2D eigenvalue weighted by Crippen LogP contribution is 2.50. The fourth-order valence-corrected chi connectivity index (χ4v) is 9.18. The Labute approximate surface area is 244 Å². The molecule has 5 rings (SSSR count). The Kier molecular flexibility index (Phi) is 8.67. The van der Waals surface area contributed by atoms with Gasteiger partial charge in [-0.3, -0.25) is 0 Å². The van der Waals surface area contributed by atoms with Gasteiger partial charge in [-0.05, 0) is 57.9 Å². The van der Waals surface area contributed by atoms with Crippen LogP contribution in [-0.4, -0.2) is 36.2 Å². The predicted molar refractivity (Wildman–Crippen MR) is 162 cm³/mol. The van der Waals surface area contributed by atoms with Gasteiger partial charge in [0, 0.05) is 50.3 Å². The first-order chi connectivity index (χ1) is 17.9. The van der Waals surface area contributed by atoms with Crippen LogP contribution in [0.15, 0.2) is 106 Å². The second-order valence-corrected chi connectivity index (χ2v) is 13.7. The zero-order valence-electron chi connectivity index (χ0n) is 20.3. The molecule has 3 aromatic carbocycles. The van der Waals surface area contributed by atoms with Crippen molar-refractivity contribution in [1.82, 2.24) is 8.61 Å². The molecule has 0 amide bonds. The van der Waals surface area contributed by atoms with E-state index in [-0.39, 0.29) is 18.1 Å². The third kappa shape index (κ3) is 5.53. The first kappa shape index (κ1) is 27.2. The summed E-state index contributed by atoms with van der Waals surface area (Å²) in [7, 11) is -2.15. The van der Waals surface area contributed by atoms with Crippen LogP contribution in [-0.2, 0) is 14.8 Å². The molecule has 1 saturated heterocycles. The lowest BCUT2D eigenvalue weighted by molar-refractivity contribution is 0.121. The van der Waals surface area contributed by atoms with Gasteiger partial charge < -0.3 is 4.74 Å². The summed E-state index contributed by atoms with van der Waals surface area (Å²) in [6.45, 7) is 3.18. The molecule has 0 unspecified atom stereocenters. The summed E-state index contributed by atoms with van der Waals surface area (Å²) in [6, 6.07) is 26.7. The summed E-state index contributed by atoms with van der Waals surface area (Å²) < 4.78 is 40.0. The standard InChI is InChI=1S/C28H28BrIN2O3S2/c1-2-35-28-18-26(21-11-7-4-8-12-21)32(37(33,34)23-15-13-22(29)14-16-23)27-17-25(20-9-5-3-6-10-20)31(36-30)19-24(27)28/h3-16,25-27H,2,17-19H2,1H3/t25-,26-,27-/m0/s1. The van der Waals surface area contributed by atoms with Gasteiger partial charge in [0.05, 0.1) is 29.3 Å². The Hall–Kier alpha value is -1.37. The number of piperidine rings is 1. The molecule has 0 saturated carbocycles. The number of nitrogens with zero attached hydrogens (tertiary/aromatic N) is 2. The third-order valence-electron chi connectivity index (χ3n) is 7.04. The van der Waals surface area contributed by atoms with Gasteiger partial charge in [0.25, 0.3) is 0 Å². The number of hydrogen-bond acceptors (Lipinski definition) is 5. The van der Waals surface area contributed by atoms with E-state index in [9.17, 15) is 8.42 Å². The SMILES string of the molecule is CCOC1=C2CN(SI)[C@H](c3ccccc3)C[C@@H]2N(S(=O)(=O)c2ccc(Br)cc2)[C@H](c2ccccc2)C1. The smallest absolute Gasteiger partial charge is 0.244 e. The molecule has 37 heavy (non-hydrogen) atoms. The molecular weight excluding hydrogens is 683 g/mol. The van der Waals surface area contributed by atoms with Gasteiger partial charge >= 0.3 is 0 Å². The summed E-state index contributed by atoms with van der Waals surface area (Å²) in [5.41, 5.74) is 3.22. The lowest BCUT2D eigenvalue weighted by Gasteiger charge is -2.49. The maximum atomic E-state index is 14.4. The largest absolute Gasteiger partial charge is 0.498 e. The van der Waals surface area contributed by atoms with Crippen molar-refractivity contribution in [3.63, 3.8) is 0 Å². The molecule has 0 aliphatic carbocycles. The predicted octanol–water partition coefficient (Wildman–Crippen LogP) is 7.69. The highest BCUT2D eigenvalue weighted by molar-refractivity contribution is 14.2. The van der Waals surface area contributed by atoms with E-state index in [4.69, 9.17) is 4.74 Å². The quantitative estimate of drug-likeness (QED) is 0.186. The van der Waals surface area contributed by atoms with Crippen LogP contribution >= 0.6 is 46.3 Å². The lowest BCUT2D eigenvalue weighted by atomic mass is 9.84. The van der Waals surface area contributed by atoms with Crippen LogP contribution in [0.3, 0.4) is 0 Å². The van der Waals surface area contributed by atoms with Gasteiger partial charge in [0.1, 0.15) is 0 Å². The van der Waals surface area contributed by atoms with Crippen LogP contribution in [0.2, 0.25) is 0 Å². The fraction of sp³-hybridized carbons (Fsp3) is 0.286. The molecule has 3 atom stereocenters. The van der Waals surface area contributed by atoms with Gasteiger partial charge in [-0.25, -0.2) is 12.7 Å². The summed E-state index contributed by atoms with van der Waals surface area (Å²) in [5.74, 6) is 0.922. The molecule has 5 nitrogen and oxygen atoms in total. The number of benzene rings is 3. The maximum Gasteiger partial charge on any atom is 0.244 e. The number of halogens is 2. The summed E-state index contributed by atoms with van der Waals surface area (Å²) in [6.07, 6.45) is 1.15. The van der Waals surface area contributed by atoms with Crippen molar-refractivity contribution >= 4 is 56.3 Å². The van der Waals surface area contributed by atoms with Crippen molar-refractivity contribution in [2.75, 3.05) is 13.2 Å². The monoisotopic (exact) mass is 710 g/mol. The van der Waals surface area contributed by atoms with E-state index >= 15 is 0 Å². The molecule has 2 aliphatic heterocycles. The van der Waals surface area contributed by atoms with E-state index in [1.54, 1.807) is 37.7 Å². The Morgan fingerprint density at radius 2 is 1.51 bits per heavy atom. The molecule has 0 spiro atoms. The first-order valence-corrected chi connectivity index (χ1v) is 17.8. The minimum Gasteiger partial charge on any atom is -0.498 e. The molecule has 2 heterocycles. The second kappa shape index (κ2) is 11.8. The van der Waals surface area contributed by atoms with E-state index in [1.165, 1.54) is 5.56 Å². The molecule has 194 valence electrons. The van der Waals surface area contributed by atoms with E-state index in [0.717, 1.165) is 21.4 Å². The van der Waals surface area contributed by atoms with Crippen molar-refractivity contribution in [3.8, 4) is 0 Å². The van der Waals surface area contributed by atoms with Gasteiger partial charge in [-0.15, -0.1) is 0 Å². The number of fused-ring (bicyclic) bond motifs is 1. The summed E-state index contributed by atoms with van der Waals surface area (Å²) >= 11 is 5.78. The average molecular weight is 711 g/mol. The maximum absolute atomic E-state index is 14.4. The first-order valence-electron chi connectivity index (χ1n) is 12.2. The van der Waals surface area contributed by atoms with E-state index in [0.29, 0.717) is 30.9 Å². The normalized spacial score (nSPS) is 23.1. The molecule has 9 heteroatoms. The highest BCUT2D eigenvalue weighted by Gasteiger charge is 2.49. The van der Waals surface area contributed by atoms with Gasteiger partial charge in [-0.1, -0.05) is 76.6 Å². The molecule has 2 aliphatic rings. The van der Waals surface area contributed by atoms with Crippen molar-refractivity contribution in [3.05, 3.63) is 112 Å². The van der Waals surface area contributed by atoms with Crippen LogP contribution in [0.4, 0.5) is 0 Å². The summed E-state index contributed by atoms with van der Waals surface area (Å²) in [4.78, 5) is 0.304. The lowest BCUT2D eigenvalue weighted by Crippen LogP contribution is -2.52. The van der Waals surface area contributed by atoms with Crippen LogP contribution in [0, 0.1) is 0 Å². The zero-order valence-corrected chi connectivity index (χ0v) is 25.7. The third-order valence-corrected chi connectivity index (χ3v) is 11.6. The molecule has 1 fully saturated rings. The molecule has 0 aromatic heterocycles. The van der Waals surface area contributed by atoms with Crippen molar-refractivity contribution < 1.29 is 13.2 Å². The number of hydrogen-bond donors (Lipinski definition) is 0. The van der Waals surface area contributed by atoms with Gasteiger partial charge in [0.15, 0.2) is 0 Å². The highest BCUT2D eigenvalue weighted by atomic mass is 127. The zero-order chi connectivity index (χ0) is 26.0. The van der Waals surface area contributed by atoms with E-state index < -0.39 is 10.0 Å². The Morgan fingerprint density at radius 1 is 0.919 bits per heavy atom. The van der Waals surface area contributed by atoms with Crippen molar-refractivity contribution in [1.29, 1.82) is 0 Å². The summed E-state index contributed by atoms with van der Waals surface area (Å²) in [5, 5.41) is 0.